The second-order valence-electron chi connectivity index (χ2n) is 3.84. The molecule has 0 bridgehead atoms. The molecule has 1 unspecified atom stereocenters. The van der Waals surface area contributed by atoms with Crippen molar-refractivity contribution in [2.45, 2.75) is 19.4 Å². The molecule has 4 heteroatoms. The fourth-order valence-electron chi connectivity index (χ4n) is 1.51. The molecular weight excluding hydrogens is 192 g/mol. The van der Waals surface area contributed by atoms with Gasteiger partial charge in [0, 0.05) is 6.54 Å². The van der Waals surface area contributed by atoms with E-state index in [0.717, 1.165) is 16.9 Å². The van der Waals surface area contributed by atoms with Gasteiger partial charge in [-0.25, -0.2) is 0 Å². The van der Waals surface area contributed by atoms with Crippen molar-refractivity contribution in [3.63, 3.8) is 0 Å². The summed E-state index contributed by atoms with van der Waals surface area (Å²) in [5, 5.41) is 10.1. The minimum absolute atomic E-state index is 0.304. The minimum Gasteiger partial charge on any atom is -0.496 e. The van der Waals surface area contributed by atoms with Crippen molar-refractivity contribution >= 4 is 0 Å². The number of aliphatic hydroxyl groups is 1. The van der Waals surface area contributed by atoms with Gasteiger partial charge in [0.1, 0.15) is 11.4 Å². The van der Waals surface area contributed by atoms with Crippen molar-refractivity contribution in [1.29, 1.82) is 0 Å². The van der Waals surface area contributed by atoms with Crippen LogP contribution in [0.2, 0.25) is 0 Å². The van der Waals surface area contributed by atoms with Gasteiger partial charge in [-0.3, -0.25) is 11.3 Å². The highest BCUT2D eigenvalue weighted by atomic mass is 16.5. The summed E-state index contributed by atoms with van der Waals surface area (Å²) in [5.74, 6) is 6.03. The molecule has 0 aliphatic rings. The lowest BCUT2D eigenvalue weighted by Crippen LogP contribution is -2.38. The summed E-state index contributed by atoms with van der Waals surface area (Å²) >= 11 is 0. The number of benzene rings is 1. The van der Waals surface area contributed by atoms with Gasteiger partial charge < -0.3 is 9.84 Å². The molecule has 0 aliphatic carbocycles. The van der Waals surface area contributed by atoms with Crippen molar-refractivity contribution in [3.05, 3.63) is 29.3 Å². The summed E-state index contributed by atoms with van der Waals surface area (Å²) in [7, 11) is 1.63. The SMILES string of the molecule is COc1ccc(C(C)(O)CNN)cc1C. The van der Waals surface area contributed by atoms with Crippen LogP contribution in [0.4, 0.5) is 0 Å². The molecule has 0 saturated heterocycles. The Morgan fingerprint density at radius 2 is 2.20 bits per heavy atom. The molecule has 0 aliphatic heterocycles. The molecule has 0 saturated carbocycles. The summed E-state index contributed by atoms with van der Waals surface area (Å²) < 4.78 is 5.15. The highest BCUT2D eigenvalue weighted by Gasteiger charge is 2.22. The third-order valence-corrected chi connectivity index (χ3v) is 2.46. The number of hydrazine groups is 1. The highest BCUT2D eigenvalue weighted by molar-refractivity contribution is 5.38. The van der Waals surface area contributed by atoms with E-state index in [-0.39, 0.29) is 0 Å². The van der Waals surface area contributed by atoms with E-state index < -0.39 is 5.60 Å². The molecule has 0 amide bonds. The number of methoxy groups -OCH3 is 1. The van der Waals surface area contributed by atoms with Crippen LogP contribution in [0, 0.1) is 6.92 Å². The van der Waals surface area contributed by atoms with Crippen molar-refractivity contribution in [3.8, 4) is 5.75 Å². The van der Waals surface area contributed by atoms with Gasteiger partial charge in [-0.05, 0) is 37.1 Å². The van der Waals surface area contributed by atoms with Crippen LogP contribution in [-0.2, 0) is 5.60 Å². The summed E-state index contributed by atoms with van der Waals surface area (Å²) in [5.41, 5.74) is 3.32. The van der Waals surface area contributed by atoms with Crippen LogP contribution in [0.15, 0.2) is 18.2 Å². The fraction of sp³-hybridized carbons (Fsp3) is 0.455. The maximum Gasteiger partial charge on any atom is 0.121 e. The van der Waals surface area contributed by atoms with Gasteiger partial charge in [-0.1, -0.05) is 6.07 Å². The Balaban J connectivity index is 3.01. The molecule has 84 valence electrons. The first-order valence-corrected chi connectivity index (χ1v) is 4.82. The zero-order valence-electron chi connectivity index (χ0n) is 9.37. The van der Waals surface area contributed by atoms with Crippen LogP contribution in [0.5, 0.6) is 5.75 Å². The van der Waals surface area contributed by atoms with E-state index in [0.29, 0.717) is 6.54 Å². The number of nitrogens with two attached hydrogens (primary N) is 1. The molecule has 15 heavy (non-hydrogen) atoms. The zero-order chi connectivity index (χ0) is 11.5. The van der Waals surface area contributed by atoms with Gasteiger partial charge in [0.15, 0.2) is 0 Å². The maximum absolute atomic E-state index is 10.1. The zero-order valence-corrected chi connectivity index (χ0v) is 9.37. The molecule has 0 heterocycles. The van der Waals surface area contributed by atoms with E-state index in [2.05, 4.69) is 5.43 Å². The summed E-state index contributed by atoms with van der Waals surface area (Å²) in [6, 6.07) is 5.58. The molecule has 0 radical (unpaired) electrons. The van der Waals surface area contributed by atoms with Crippen LogP contribution < -0.4 is 16.0 Å². The molecule has 0 aromatic heterocycles. The summed E-state index contributed by atoms with van der Waals surface area (Å²) in [6.45, 7) is 3.96. The standard InChI is InChI=1S/C11H18N2O2/c1-8-6-9(4-5-10(8)15-3)11(2,14)7-13-12/h4-6,13-14H,7,12H2,1-3H3. The van der Waals surface area contributed by atoms with E-state index >= 15 is 0 Å². The van der Waals surface area contributed by atoms with Gasteiger partial charge in [-0.2, -0.15) is 0 Å². The van der Waals surface area contributed by atoms with E-state index in [1.807, 2.05) is 25.1 Å². The second-order valence-corrected chi connectivity index (χ2v) is 3.84. The van der Waals surface area contributed by atoms with Crippen LogP contribution in [0.25, 0.3) is 0 Å². The van der Waals surface area contributed by atoms with E-state index in [1.165, 1.54) is 0 Å². The fourth-order valence-corrected chi connectivity index (χ4v) is 1.51. The predicted molar refractivity (Wildman–Crippen MR) is 59.5 cm³/mol. The number of rotatable bonds is 4. The van der Waals surface area contributed by atoms with Crippen molar-refractivity contribution in [1.82, 2.24) is 5.43 Å². The normalized spacial score (nSPS) is 14.7. The Bertz CT molecular complexity index is 337. The lowest BCUT2D eigenvalue weighted by Gasteiger charge is -2.24. The molecule has 1 aromatic carbocycles. The molecule has 0 fully saturated rings. The molecule has 1 atom stereocenters. The Morgan fingerprint density at radius 1 is 1.53 bits per heavy atom. The van der Waals surface area contributed by atoms with E-state index in [4.69, 9.17) is 10.6 Å². The third-order valence-electron chi connectivity index (χ3n) is 2.46. The van der Waals surface area contributed by atoms with Crippen molar-refractivity contribution < 1.29 is 9.84 Å². The highest BCUT2D eigenvalue weighted by Crippen LogP contribution is 2.25. The Labute approximate surface area is 90.0 Å². The lowest BCUT2D eigenvalue weighted by atomic mass is 9.94. The predicted octanol–water partition coefficient (Wildman–Crippen LogP) is 0.674. The first-order valence-electron chi connectivity index (χ1n) is 4.82. The van der Waals surface area contributed by atoms with E-state index in [1.54, 1.807) is 14.0 Å². The van der Waals surface area contributed by atoms with Crippen LogP contribution >= 0.6 is 0 Å². The van der Waals surface area contributed by atoms with Crippen molar-refractivity contribution in [2.75, 3.05) is 13.7 Å². The monoisotopic (exact) mass is 210 g/mol. The minimum atomic E-state index is -0.966. The summed E-state index contributed by atoms with van der Waals surface area (Å²) in [6.07, 6.45) is 0. The molecule has 1 rings (SSSR count). The second kappa shape index (κ2) is 4.61. The first kappa shape index (κ1) is 12.0. The molecule has 4 nitrogen and oxygen atoms in total. The van der Waals surface area contributed by atoms with Gasteiger partial charge in [0.05, 0.1) is 7.11 Å². The van der Waals surface area contributed by atoms with Gasteiger partial charge in [-0.15, -0.1) is 0 Å². The quantitative estimate of drug-likeness (QED) is 0.505. The summed E-state index contributed by atoms with van der Waals surface area (Å²) in [4.78, 5) is 0. The topological polar surface area (TPSA) is 67.5 Å². The molecule has 0 spiro atoms. The maximum atomic E-state index is 10.1. The van der Waals surface area contributed by atoms with Crippen molar-refractivity contribution in [2.24, 2.45) is 5.84 Å². The largest absolute Gasteiger partial charge is 0.496 e. The third kappa shape index (κ3) is 2.68. The smallest absolute Gasteiger partial charge is 0.121 e. The average Bonchev–Trinajstić information content (AvgIpc) is 2.17. The van der Waals surface area contributed by atoms with E-state index in [9.17, 15) is 5.11 Å². The van der Waals surface area contributed by atoms with Gasteiger partial charge >= 0.3 is 0 Å². The molecule has 1 aromatic rings. The van der Waals surface area contributed by atoms with Gasteiger partial charge in [0.2, 0.25) is 0 Å². The lowest BCUT2D eigenvalue weighted by molar-refractivity contribution is 0.0571. The Morgan fingerprint density at radius 3 is 2.67 bits per heavy atom. The van der Waals surface area contributed by atoms with Gasteiger partial charge in [0.25, 0.3) is 0 Å². The van der Waals surface area contributed by atoms with Crippen LogP contribution in [-0.4, -0.2) is 18.8 Å². The number of aryl methyl sites for hydroxylation is 1. The average molecular weight is 210 g/mol. The van der Waals surface area contributed by atoms with Crippen LogP contribution in [0.3, 0.4) is 0 Å². The Hall–Kier alpha value is -1.10. The van der Waals surface area contributed by atoms with Crippen LogP contribution in [0.1, 0.15) is 18.1 Å². The Kier molecular flexibility index (Phi) is 3.68. The molecular formula is C11H18N2O2. The number of hydrogen-bond acceptors (Lipinski definition) is 4. The number of ether oxygens (including phenoxy) is 1. The number of hydrogen-bond donors (Lipinski definition) is 3. The first-order chi connectivity index (χ1) is 7.01. The molecule has 4 N–H and O–H groups in total. The number of nitrogens with one attached hydrogen (secondary N) is 1.